The van der Waals surface area contributed by atoms with Crippen LogP contribution in [0.25, 0.3) is 0 Å². The summed E-state index contributed by atoms with van der Waals surface area (Å²) in [7, 11) is -3.93. The van der Waals surface area contributed by atoms with Crippen molar-refractivity contribution in [2.75, 3.05) is 18.9 Å². The summed E-state index contributed by atoms with van der Waals surface area (Å²) >= 11 is 0. The summed E-state index contributed by atoms with van der Waals surface area (Å²) in [5.74, 6) is 0.0117. The summed E-state index contributed by atoms with van der Waals surface area (Å²) in [6.45, 7) is -0.248. The van der Waals surface area contributed by atoms with Crippen molar-refractivity contribution in [2.24, 2.45) is 0 Å². The van der Waals surface area contributed by atoms with Crippen molar-refractivity contribution in [1.82, 2.24) is 14.5 Å². The number of aromatic nitrogens is 3. The molecule has 30 heavy (non-hydrogen) atoms. The van der Waals surface area contributed by atoms with Gasteiger partial charge in [-0.3, -0.25) is 23.1 Å². The molecule has 12 nitrogen and oxygen atoms in total. The Balaban J connectivity index is 1.42. The molecular formula is C17H21N4O8P. The monoisotopic (exact) mass is 440 g/mol. The lowest BCUT2D eigenvalue weighted by Gasteiger charge is -2.29. The molecule has 0 aliphatic carbocycles. The zero-order valence-corrected chi connectivity index (χ0v) is 16.6. The van der Waals surface area contributed by atoms with E-state index in [1.807, 2.05) is 0 Å². The Bertz CT molecular complexity index is 989. The molecule has 2 saturated heterocycles. The molecule has 2 aromatic rings. The molecule has 4 heterocycles. The lowest BCUT2D eigenvalue weighted by Crippen LogP contribution is -2.36. The molecule has 2 aliphatic rings. The van der Waals surface area contributed by atoms with E-state index in [0.29, 0.717) is 6.42 Å². The third kappa shape index (κ3) is 4.30. The minimum atomic E-state index is -3.93. The Morgan fingerprint density at radius 3 is 2.77 bits per heavy atom. The van der Waals surface area contributed by atoms with Gasteiger partial charge in [-0.15, -0.1) is 0 Å². The van der Waals surface area contributed by atoms with Gasteiger partial charge in [0.15, 0.2) is 6.23 Å². The highest BCUT2D eigenvalue weighted by Crippen LogP contribution is 2.57. The standard InChI is InChI=1S/C17H21N4O8P/c18-13-3-7-21(17(24)20-13)16-15(23)14(22)12(28-16)9-27-30(25)26-8-4-11(29-30)10-1-5-19-6-2-10/h1-3,5-7,11-12,14-16,22-23H,4,8-9H2,(H2,18,20,24)/t11-,12?,14+,15-,16+,30?/m0/s1. The largest absolute Gasteiger partial charge is 0.475 e. The second-order valence-corrected chi connectivity index (χ2v) is 8.45. The summed E-state index contributed by atoms with van der Waals surface area (Å²) in [5.41, 5.74) is 5.48. The molecule has 0 amide bonds. The first-order valence-electron chi connectivity index (χ1n) is 9.20. The summed E-state index contributed by atoms with van der Waals surface area (Å²) in [5, 5.41) is 20.6. The van der Waals surface area contributed by atoms with E-state index in [-0.39, 0.29) is 12.4 Å². The molecule has 162 valence electrons. The number of nitrogens with two attached hydrogens (primary N) is 1. The minimum absolute atomic E-state index is 0.0117. The lowest BCUT2D eigenvalue weighted by molar-refractivity contribution is -0.0609. The first-order valence-corrected chi connectivity index (χ1v) is 10.7. The van der Waals surface area contributed by atoms with Crippen LogP contribution in [0.2, 0.25) is 0 Å². The average Bonchev–Trinajstić information content (AvgIpc) is 3.01. The predicted molar refractivity (Wildman–Crippen MR) is 101 cm³/mol. The maximum Gasteiger partial charge on any atom is 0.475 e. The molecule has 0 aromatic carbocycles. The van der Waals surface area contributed by atoms with Gasteiger partial charge >= 0.3 is 13.5 Å². The number of aliphatic hydroxyl groups excluding tert-OH is 2. The van der Waals surface area contributed by atoms with Gasteiger partial charge in [-0.1, -0.05) is 0 Å². The van der Waals surface area contributed by atoms with E-state index in [4.69, 9.17) is 24.0 Å². The summed E-state index contributed by atoms with van der Waals surface area (Å²) in [4.78, 5) is 19.5. The normalized spacial score (nSPS) is 34.1. The molecule has 4 N–H and O–H groups in total. The zero-order valence-electron chi connectivity index (χ0n) is 15.7. The summed E-state index contributed by atoms with van der Waals surface area (Å²) in [6.07, 6.45) is -0.693. The van der Waals surface area contributed by atoms with Crippen LogP contribution in [-0.2, 0) is 22.9 Å². The van der Waals surface area contributed by atoms with Crippen molar-refractivity contribution in [3.63, 3.8) is 0 Å². The van der Waals surface area contributed by atoms with Crippen molar-refractivity contribution >= 4 is 13.6 Å². The molecule has 2 unspecified atom stereocenters. The molecular weight excluding hydrogens is 419 g/mol. The van der Waals surface area contributed by atoms with E-state index in [2.05, 4.69) is 9.97 Å². The highest BCUT2D eigenvalue weighted by atomic mass is 31.2. The van der Waals surface area contributed by atoms with E-state index in [9.17, 15) is 19.6 Å². The molecule has 2 aliphatic heterocycles. The fourth-order valence-corrected chi connectivity index (χ4v) is 4.66. The molecule has 4 rings (SSSR count). The number of aliphatic hydroxyl groups is 2. The SMILES string of the molecule is Nc1ccn([C@@H]2OC(COP3(=O)OCC[C@@H](c4ccncc4)O3)[C@@H](O)[C@@H]2O)c(=O)n1. The highest BCUT2D eigenvalue weighted by molar-refractivity contribution is 7.48. The topological polar surface area (TPSA) is 168 Å². The maximum atomic E-state index is 12.8. The predicted octanol–water partition coefficient (Wildman–Crippen LogP) is 0.143. The number of rotatable bonds is 5. The summed E-state index contributed by atoms with van der Waals surface area (Å²) in [6, 6.07) is 4.84. The van der Waals surface area contributed by atoms with Crippen LogP contribution in [0.15, 0.2) is 41.6 Å². The van der Waals surface area contributed by atoms with Crippen molar-refractivity contribution in [3.05, 3.63) is 52.8 Å². The van der Waals surface area contributed by atoms with Crippen LogP contribution in [0.5, 0.6) is 0 Å². The smallest absolute Gasteiger partial charge is 0.387 e. The molecule has 6 atom stereocenters. The highest BCUT2D eigenvalue weighted by Gasteiger charge is 2.46. The Kier molecular flexibility index (Phi) is 5.98. The molecule has 0 bridgehead atoms. The number of nitrogens with zero attached hydrogens (tertiary/aromatic N) is 3. The first-order chi connectivity index (χ1) is 14.4. The number of anilines is 1. The van der Waals surface area contributed by atoms with Crippen molar-refractivity contribution in [1.29, 1.82) is 0 Å². The fourth-order valence-electron chi connectivity index (χ4n) is 3.26. The number of phosphoric ester groups is 1. The van der Waals surface area contributed by atoms with Crippen LogP contribution in [0.4, 0.5) is 5.82 Å². The van der Waals surface area contributed by atoms with Gasteiger partial charge < -0.3 is 20.7 Å². The van der Waals surface area contributed by atoms with Crippen LogP contribution in [-0.4, -0.2) is 56.3 Å². The van der Waals surface area contributed by atoms with E-state index >= 15 is 0 Å². The van der Waals surface area contributed by atoms with Crippen LogP contribution in [0.1, 0.15) is 24.3 Å². The van der Waals surface area contributed by atoms with Crippen LogP contribution in [0.3, 0.4) is 0 Å². The Hall–Kier alpha value is -2.18. The number of phosphoric acid groups is 1. The van der Waals surface area contributed by atoms with Gasteiger partial charge in [0, 0.05) is 25.0 Å². The molecule has 0 radical (unpaired) electrons. The van der Waals surface area contributed by atoms with Crippen LogP contribution in [0, 0.1) is 0 Å². The first kappa shape index (κ1) is 21.1. The van der Waals surface area contributed by atoms with Gasteiger partial charge in [0.05, 0.1) is 19.3 Å². The Morgan fingerprint density at radius 2 is 2.03 bits per heavy atom. The van der Waals surface area contributed by atoms with Crippen molar-refractivity contribution in [3.8, 4) is 0 Å². The van der Waals surface area contributed by atoms with Gasteiger partial charge in [0.25, 0.3) is 0 Å². The van der Waals surface area contributed by atoms with Gasteiger partial charge in [0.1, 0.15) is 24.1 Å². The molecule has 0 spiro atoms. The van der Waals surface area contributed by atoms with Crippen molar-refractivity contribution in [2.45, 2.75) is 37.1 Å². The lowest BCUT2D eigenvalue weighted by atomic mass is 10.1. The second kappa shape index (κ2) is 8.52. The number of ether oxygens (including phenoxy) is 1. The van der Waals surface area contributed by atoms with Gasteiger partial charge in [-0.05, 0) is 23.8 Å². The zero-order chi connectivity index (χ0) is 21.3. The third-order valence-electron chi connectivity index (χ3n) is 4.82. The van der Waals surface area contributed by atoms with Gasteiger partial charge in [-0.25, -0.2) is 9.36 Å². The quantitative estimate of drug-likeness (QED) is 0.541. The van der Waals surface area contributed by atoms with E-state index in [0.717, 1.165) is 10.1 Å². The molecule has 2 fully saturated rings. The van der Waals surface area contributed by atoms with Crippen LogP contribution < -0.4 is 11.4 Å². The van der Waals surface area contributed by atoms with E-state index in [1.165, 1.54) is 12.3 Å². The Morgan fingerprint density at radius 1 is 1.27 bits per heavy atom. The Labute approximate surface area is 170 Å². The van der Waals surface area contributed by atoms with Gasteiger partial charge in [-0.2, -0.15) is 4.98 Å². The third-order valence-corrected chi connectivity index (χ3v) is 6.30. The second-order valence-electron chi connectivity index (χ2n) is 6.83. The molecule has 13 heteroatoms. The number of nitrogen functional groups attached to an aromatic ring is 1. The van der Waals surface area contributed by atoms with Crippen LogP contribution >= 0.6 is 7.82 Å². The summed E-state index contributed by atoms with van der Waals surface area (Å²) < 4.78 is 35.5. The number of hydrogen-bond acceptors (Lipinski definition) is 11. The van der Waals surface area contributed by atoms with Crippen molar-refractivity contribution < 1.29 is 33.1 Å². The fraction of sp³-hybridized carbons (Fsp3) is 0.471. The molecule has 2 aromatic heterocycles. The van der Waals surface area contributed by atoms with Gasteiger partial charge in [0.2, 0.25) is 0 Å². The average molecular weight is 440 g/mol. The maximum absolute atomic E-state index is 12.8. The minimum Gasteiger partial charge on any atom is -0.387 e. The number of pyridine rings is 1. The number of hydrogen-bond donors (Lipinski definition) is 3. The van der Waals surface area contributed by atoms with E-state index < -0.39 is 50.8 Å². The van der Waals surface area contributed by atoms with E-state index in [1.54, 1.807) is 24.5 Å². The molecule has 0 saturated carbocycles.